The van der Waals surface area contributed by atoms with Gasteiger partial charge in [0.15, 0.2) is 0 Å². The van der Waals surface area contributed by atoms with Gasteiger partial charge in [0, 0.05) is 12.0 Å². The summed E-state index contributed by atoms with van der Waals surface area (Å²) < 4.78 is 50.4. The number of fused-ring (bicyclic) bond motifs is 1. The molecule has 0 saturated carbocycles. The fourth-order valence-corrected chi connectivity index (χ4v) is 4.55. The number of para-hydroxylation sites is 2. The maximum absolute atomic E-state index is 13.0. The summed E-state index contributed by atoms with van der Waals surface area (Å²) in [6, 6.07) is 9.34. The monoisotopic (exact) mass is 450 g/mol. The highest BCUT2D eigenvalue weighted by atomic mass is 32.1. The van der Waals surface area contributed by atoms with Gasteiger partial charge in [-0.15, -0.1) is 11.3 Å². The van der Waals surface area contributed by atoms with Gasteiger partial charge in [0.05, 0.1) is 16.7 Å². The van der Waals surface area contributed by atoms with Gasteiger partial charge in [0.2, 0.25) is 0 Å². The topological polar surface area (TPSA) is 60.5 Å². The average molecular weight is 450 g/mol. The Hall–Kier alpha value is -2.65. The molecule has 0 bridgehead atoms. The average Bonchev–Trinajstić information content (AvgIpc) is 3.09. The molecule has 1 fully saturated rings. The highest BCUT2D eigenvalue weighted by Crippen LogP contribution is 2.35. The van der Waals surface area contributed by atoms with Gasteiger partial charge in [0.1, 0.15) is 22.9 Å². The minimum absolute atomic E-state index is 0.0243. The van der Waals surface area contributed by atoms with Crippen LogP contribution in [0.25, 0.3) is 10.2 Å². The van der Waals surface area contributed by atoms with Gasteiger partial charge < -0.3 is 14.8 Å². The number of alkyl halides is 3. The number of carbonyl (C=O) groups is 1. The predicted molar refractivity (Wildman–Crippen MR) is 113 cm³/mol. The molecule has 5 nitrogen and oxygen atoms in total. The molecule has 3 aromatic rings. The Balaban J connectivity index is 1.53. The van der Waals surface area contributed by atoms with Gasteiger partial charge in [-0.25, -0.2) is 4.98 Å². The first-order chi connectivity index (χ1) is 14.8. The maximum Gasteiger partial charge on any atom is 0.433 e. The number of carbonyl (C=O) groups excluding carboxylic acids is 1. The van der Waals surface area contributed by atoms with E-state index in [0.717, 1.165) is 43.3 Å². The summed E-state index contributed by atoms with van der Waals surface area (Å²) in [5.41, 5.74) is 0.105. The van der Waals surface area contributed by atoms with Gasteiger partial charge in [-0.2, -0.15) is 13.2 Å². The van der Waals surface area contributed by atoms with Crippen LogP contribution in [0.5, 0.6) is 5.75 Å². The summed E-state index contributed by atoms with van der Waals surface area (Å²) >= 11 is 0.939. The van der Waals surface area contributed by atoms with Gasteiger partial charge in [-0.05, 0) is 56.0 Å². The summed E-state index contributed by atoms with van der Waals surface area (Å²) in [7, 11) is 0. The standard InChI is InChI=1S/C22H21F3N2O3S/c1-13-15-9-10-18(22(23,24)25)27-21(15)31-19(13)20(28)26-16-7-2-3-8-17(16)30-12-14-6-4-5-11-29-14/h2-3,7-10,14H,4-6,11-12H2,1H3,(H,26,28). The van der Waals surface area contributed by atoms with E-state index in [9.17, 15) is 18.0 Å². The highest BCUT2D eigenvalue weighted by molar-refractivity contribution is 7.20. The van der Waals surface area contributed by atoms with Gasteiger partial charge >= 0.3 is 6.18 Å². The lowest BCUT2D eigenvalue weighted by molar-refractivity contribution is -0.140. The molecule has 1 aliphatic heterocycles. The first-order valence-corrected chi connectivity index (χ1v) is 10.8. The van der Waals surface area contributed by atoms with E-state index in [0.29, 0.717) is 33.9 Å². The molecule has 1 unspecified atom stereocenters. The number of thiophene rings is 1. The molecule has 2 aromatic heterocycles. The second kappa shape index (κ2) is 8.84. The lowest BCUT2D eigenvalue weighted by Gasteiger charge is -2.23. The van der Waals surface area contributed by atoms with Crippen LogP contribution < -0.4 is 10.1 Å². The van der Waals surface area contributed by atoms with Crippen LogP contribution in [0.1, 0.15) is 40.2 Å². The number of hydrogen-bond donors (Lipinski definition) is 1. The van der Waals surface area contributed by atoms with E-state index in [-0.39, 0.29) is 10.9 Å². The summed E-state index contributed by atoms with van der Waals surface area (Å²) in [6.07, 6.45) is -1.43. The number of benzene rings is 1. The quantitative estimate of drug-likeness (QED) is 0.532. The van der Waals surface area contributed by atoms with Crippen LogP contribution in [0.15, 0.2) is 36.4 Å². The first-order valence-electron chi connectivity index (χ1n) is 9.95. The molecule has 9 heteroatoms. The molecule has 4 rings (SSSR count). The van der Waals surface area contributed by atoms with Crippen LogP contribution in [0.2, 0.25) is 0 Å². The molecule has 1 amide bonds. The summed E-state index contributed by atoms with van der Waals surface area (Å²) in [6.45, 7) is 2.81. The van der Waals surface area contributed by atoms with Gasteiger partial charge in [-0.1, -0.05) is 12.1 Å². The van der Waals surface area contributed by atoms with E-state index < -0.39 is 17.8 Å². The van der Waals surface area contributed by atoms with Crippen molar-refractivity contribution in [3.8, 4) is 5.75 Å². The number of ether oxygens (including phenoxy) is 2. The molecule has 1 aromatic carbocycles. The highest BCUT2D eigenvalue weighted by Gasteiger charge is 2.33. The van der Waals surface area contributed by atoms with E-state index in [4.69, 9.17) is 9.47 Å². The van der Waals surface area contributed by atoms with Crippen molar-refractivity contribution in [1.29, 1.82) is 0 Å². The number of nitrogens with zero attached hydrogens (tertiary/aromatic N) is 1. The van der Waals surface area contributed by atoms with Crippen molar-refractivity contribution in [3.63, 3.8) is 0 Å². The van der Waals surface area contributed by atoms with Crippen LogP contribution in [0.3, 0.4) is 0 Å². The molecule has 0 aliphatic carbocycles. The minimum Gasteiger partial charge on any atom is -0.489 e. The molecular formula is C22H21F3N2O3S. The maximum atomic E-state index is 13.0. The Morgan fingerprint density at radius 2 is 2.06 bits per heavy atom. The number of hydrogen-bond acceptors (Lipinski definition) is 5. The molecule has 1 aliphatic rings. The number of anilines is 1. The lowest BCUT2D eigenvalue weighted by Crippen LogP contribution is -2.26. The summed E-state index contributed by atoms with van der Waals surface area (Å²) in [4.78, 5) is 17.1. The van der Waals surface area contributed by atoms with E-state index in [2.05, 4.69) is 10.3 Å². The Morgan fingerprint density at radius 1 is 1.26 bits per heavy atom. The third kappa shape index (κ3) is 4.83. The summed E-state index contributed by atoms with van der Waals surface area (Å²) in [5, 5.41) is 3.35. The van der Waals surface area contributed by atoms with E-state index in [1.54, 1.807) is 31.2 Å². The van der Waals surface area contributed by atoms with E-state index in [1.807, 2.05) is 0 Å². The van der Waals surface area contributed by atoms with Crippen LogP contribution >= 0.6 is 11.3 Å². The molecular weight excluding hydrogens is 429 g/mol. The van der Waals surface area contributed by atoms with Crippen molar-refractivity contribution in [2.24, 2.45) is 0 Å². The zero-order valence-electron chi connectivity index (χ0n) is 16.8. The van der Waals surface area contributed by atoms with Crippen molar-refractivity contribution in [2.75, 3.05) is 18.5 Å². The van der Waals surface area contributed by atoms with Crippen LogP contribution in [-0.4, -0.2) is 30.2 Å². The number of halogens is 3. The zero-order chi connectivity index (χ0) is 22.0. The fourth-order valence-electron chi connectivity index (χ4n) is 3.47. The molecule has 0 radical (unpaired) electrons. The number of amides is 1. The smallest absolute Gasteiger partial charge is 0.433 e. The normalized spacial score (nSPS) is 17.0. The SMILES string of the molecule is Cc1c(C(=O)Nc2ccccc2OCC2CCCCO2)sc2nc(C(F)(F)F)ccc12. The van der Waals surface area contributed by atoms with E-state index >= 15 is 0 Å². The Kier molecular flexibility index (Phi) is 6.15. The summed E-state index contributed by atoms with van der Waals surface area (Å²) in [5.74, 6) is 0.0975. The second-order valence-corrected chi connectivity index (χ2v) is 8.35. The van der Waals surface area contributed by atoms with Crippen molar-refractivity contribution >= 4 is 33.1 Å². The zero-order valence-corrected chi connectivity index (χ0v) is 17.6. The molecule has 1 saturated heterocycles. The molecule has 0 spiro atoms. The lowest BCUT2D eigenvalue weighted by atomic mass is 10.1. The van der Waals surface area contributed by atoms with Crippen molar-refractivity contribution < 1.29 is 27.4 Å². The number of aromatic nitrogens is 1. The Labute approximate surface area is 181 Å². The van der Waals surface area contributed by atoms with Crippen molar-refractivity contribution in [2.45, 2.75) is 38.5 Å². The first kappa shape index (κ1) is 21.6. The third-order valence-electron chi connectivity index (χ3n) is 5.13. The largest absolute Gasteiger partial charge is 0.489 e. The molecule has 1 N–H and O–H groups in total. The number of rotatable bonds is 5. The van der Waals surface area contributed by atoms with Crippen LogP contribution in [-0.2, 0) is 10.9 Å². The van der Waals surface area contributed by atoms with Crippen LogP contribution in [0, 0.1) is 6.92 Å². The third-order valence-corrected chi connectivity index (χ3v) is 6.33. The number of aryl methyl sites for hydroxylation is 1. The molecule has 1 atom stereocenters. The minimum atomic E-state index is -4.53. The number of pyridine rings is 1. The van der Waals surface area contributed by atoms with E-state index in [1.165, 1.54) is 6.07 Å². The Morgan fingerprint density at radius 3 is 2.81 bits per heavy atom. The second-order valence-electron chi connectivity index (χ2n) is 7.35. The van der Waals surface area contributed by atoms with Gasteiger partial charge in [-0.3, -0.25) is 4.79 Å². The fraction of sp³-hybridized carbons (Fsp3) is 0.364. The predicted octanol–water partition coefficient (Wildman–Crippen LogP) is 5.82. The molecule has 164 valence electrons. The number of nitrogens with one attached hydrogen (secondary N) is 1. The van der Waals surface area contributed by atoms with Crippen LogP contribution in [0.4, 0.5) is 18.9 Å². The van der Waals surface area contributed by atoms with Crippen molar-refractivity contribution in [3.05, 3.63) is 52.5 Å². The Bertz CT molecular complexity index is 1090. The van der Waals surface area contributed by atoms with Crippen molar-refractivity contribution in [1.82, 2.24) is 4.98 Å². The molecule has 31 heavy (non-hydrogen) atoms. The molecule has 3 heterocycles. The van der Waals surface area contributed by atoms with Gasteiger partial charge in [0.25, 0.3) is 5.91 Å².